The van der Waals surface area contributed by atoms with E-state index in [-0.39, 0.29) is 5.92 Å². The third-order valence-electron chi connectivity index (χ3n) is 2.45. The third-order valence-corrected chi connectivity index (χ3v) is 3.35. The number of hydrogen-bond donors (Lipinski definition) is 1. The first-order chi connectivity index (χ1) is 8.09. The summed E-state index contributed by atoms with van der Waals surface area (Å²) >= 11 is 1.55. The molecule has 1 N–H and O–H groups in total. The fourth-order valence-electron chi connectivity index (χ4n) is 1.65. The molecule has 0 fully saturated rings. The Kier molecular flexibility index (Phi) is 3.23. The number of nitrogens with zero attached hydrogens (tertiary/aromatic N) is 3. The molecule has 17 heavy (non-hydrogen) atoms. The van der Waals surface area contributed by atoms with E-state index in [9.17, 15) is 4.79 Å². The zero-order chi connectivity index (χ0) is 12.4. The van der Waals surface area contributed by atoms with Crippen molar-refractivity contribution < 1.29 is 9.90 Å². The number of aliphatic carboxylic acids is 1. The molecule has 6 heteroatoms. The number of rotatable bonds is 4. The molecule has 0 amide bonds. The summed E-state index contributed by atoms with van der Waals surface area (Å²) in [5.41, 5.74) is 0.715. The van der Waals surface area contributed by atoms with Gasteiger partial charge in [0.05, 0.1) is 11.1 Å². The molecule has 0 aliphatic carbocycles. The van der Waals surface area contributed by atoms with E-state index in [1.807, 2.05) is 31.4 Å². The Labute approximate surface area is 103 Å². The van der Waals surface area contributed by atoms with Crippen molar-refractivity contribution in [2.24, 2.45) is 5.92 Å². The van der Waals surface area contributed by atoms with Crippen LogP contribution in [-0.4, -0.2) is 26.1 Å². The van der Waals surface area contributed by atoms with Gasteiger partial charge in [-0.1, -0.05) is 25.1 Å². The number of aromatic nitrogens is 3. The van der Waals surface area contributed by atoms with Crippen LogP contribution in [0.2, 0.25) is 0 Å². The van der Waals surface area contributed by atoms with Gasteiger partial charge in [0.15, 0.2) is 6.04 Å². The quantitative estimate of drug-likeness (QED) is 0.905. The van der Waals surface area contributed by atoms with Crippen molar-refractivity contribution in [1.82, 2.24) is 15.0 Å². The fraction of sp³-hybridized carbons (Fsp3) is 0.364. The highest BCUT2D eigenvalue weighted by Crippen LogP contribution is 2.24. The van der Waals surface area contributed by atoms with Crippen molar-refractivity contribution in [3.05, 3.63) is 23.7 Å². The topological polar surface area (TPSA) is 68.0 Å². The van der Waals surface area contributed by atoms with Crippen molar-refractivity contribution >= 4 is 17.3 Å². The van der Waals surface area contributed by atoms with E-state index < -0.39 is 12.0 Å². The highest BCUT2D eigenvalue weighted by atomic mass is 32.1. The van der Waals surface area contributed by atoms with Gasteiger partial charge < -0.3 is 5.11 Å². The first-order valence-electron chi connectivity index (χ1n) is 5.28. The maximum Gasteiger partial charge on any atom is 0.328 e. The van der Waals surface area contributed by atoms with Crippen LogP contribution < -0.4 is 0 Å². The Morgan fingerprint density at radius 2 is 2.29 bits per heavy atom. The molecule has 0 saturated carbocycles. The predicted molar refractivity (Wildman–Crippen MR) is 64.8 cm³/mol. The van der Waals surface area contributed by atoms with Crippen LogP contribution in [0, 0.1) is 5.92 Å². The van der Waals surface area contributed by atoms with Crippen LogP contribution in [0.1, 0.15) is 19.9 Å². The molecule has 1 atom stereocenters. The summed E-state index contributed by atoms with van der Waals surface area (Å²) < 4.78 is 1.42. The molecule has 2 rings (SSSR count). The lowest BCUT2D eigenvalue weighted by Crippen LogP contribution is -2.24. The SMILES string of the molecule is CC(C)[C@@H](C(=O)O)n1cc(-c2cccs2)nn1. The summed E-state index contributed by atoms with van der Waals surface area (Å²) in [4.78, 5) is 12.1. The summed E-state index contributed by atoms with van der Waals surface area (Å²) in [7, 11) is 0. The second-order valence-electron chi connectivity index (χ2n) is 4.09. The zero-order valence-electron chi connectivity index (χ0n) is 9.57. The molecule has 2 aromatic rings. The Morgan fingerprint density at radius 1 is 1.53 bits per heavy atom. The Morgan fingerprint density at radius 3 is 2.82 bits per heavy atom. The van der Waals surface area contributed by atoms with Crippen LogP contribution in [0.5, 0.6) is 0 Å². The molecule has 2 heterocycles. The monoisotopic (exact) mass is 251 g/mol. The van der Waals surface area contributed by atoms with Crippen molar-refractivity contribution in [2.45, 2.75) is 19.9 Å². The maximum atomic E-state index is 11.2. The zero-order valence-corrected chi connectivity index (χ0v) is 10.4. The van der Waals surface area contributed by atoms with Gasteiger partial charge in [-0.2, -0.15) is 0 Å². The lowest BCUT2D eigenvalue weighted by atomic mass is 10.1. The van der Waals surface area contributed by atoms with E-state index in [1.54, 1.807) is 17.5 Å². The van der Waals surface area contributed by atoms with E-state index >= 15 is 0 Å². The molecule has 0 saturated heterocycles. The number of carboxylic acid groups (broad SMARTS) is 1. The molecule has 5 nitrogen and oxygen atoms in total. The van der Waals surface area contributed by atoms with Crippen LogP contribution in [0.15, 0.2) is 23.7 Å². The molecule has 2 aromatic heterocycles. The Hall–Kier alpha value is -1.69. The number of hydrogen-bond acceptors (Lipinski definition) is 4. The average Bonchev–Trinajstić information content (AvgIpc) is 2.83. The minimum Gasteiger partial charge on any atom is -0.480 e. The molecular weight excluding hydrogens is 238 g/mol. The van der Waals surface area contributed by atoms with Crippen LogP contribution in [0.3, 0.4) is 0 Å². The van der Waals surface area contributed by atoms with E-state index in [0.717, 1.165) is 4.88 Å². The van der Waals surface area contributed by atoms with E-state index in [0.29, 0.717) is 5.69 Å². The number of carbonyl (C=O) groups is 1. The van der Waals surface area contributed by atoms with Crippen LogP contribution in [0.4, 0.5) is 0 Å². The molecule has 0 aromatic carbocycles. The summed E-state index contributed by atoms with van der Waals surface area (Å²) in [6, 6.07) is 3.19. The van der Waals surface area contributed by atoms with Crippen molar-refractivity contribution in [1.29, 1.82) is 0 Å². The maximum absolute atomic E-state index is 11.2. The van der Waals surface area contributed by atoms with Crippen LogP contribution in [-0.2, 0) is 4.79 Å². The van der Waals surface area contributed by atoms with Crippen molar-refractivity contribution in [3.63, 3.8) is 0 Å². The average molecular weight is 251 g/mol. The molecule has 0 radical (unpaired) electrons. The second kappa shape index (κ2) is 4.67. The first kappa shape index (κ1) is 11.8. The molecule has 0 aliphatic heterocycles. The van der Waals surface area contributed by atoms with E-state index in [2.05, 4.69) is 10.3 Å². The van der Waals surface area contributed by atoms with Gasteiger partial charge in [0.1, 0.15) is 5.69 Å². The number of carboxylic acids is 1. The van der Waals surface area contributed by atoms with Gasteiger partial charge in [0.2, 0.25) is 0 Å². The van der Waals surface area contributed by atoms with E-state index in [1.165, 1.54) is 4.68 Å². The third kappa shape index (κ3) is 2.36. The standard InChI is InChI=1S/C11H13N3O2S/c1-7(2)10(11(15)16)14-6-8(12-13-14)9-4-3-5-17-9/h3-7,10H,1-2H3,(H,15,16)/t10-/m0/s1. The number of thiophene rings is 1. The van der Waals surface area contributed by atoms with Crippen LogP contribution >= 0.6 is 11.3 Å². The Balaban J connectivity index is 2.31. The molecule has 0 bridgehead atoms. The molecule has 90 valence electrons. The summed E-state index contributed by atoms with van der Waals surface area (Å²) in [5.74, 6) is -0.923. The van der Waals surface area contributed by atoms with Gasteiger partial charge in [-0.3, -0.25) is 0 Å². The van der Waals surface area contributed by atoms with Crippen molar-refractivity contribution in [2.75, 3.05) is 0 Å². The normalized spacial score (nSPS) is 12.9. The van der Waals surface area contributed by atoms with Gasteiger partial charge in [-0.25, -0.2) is 9.48 Å². The fourth-order valence-corrected chi connectivity index (χ4v) is 2.33. The predicted octanol–water partition coefficient (Wildman–Crippen LogP) is 2.29. The van der Waals surface area contributed by atoms with Gasteiger partial charge in [0, 0.05) is 0 Å². The Bertz CT molecular complexity index is 505. The smallest absolute Gasteiger partial charge is 0.328 e. The lowest BCUT2D eigenvalue weighted by Gasteiger charge is -2.15. The van der Waals surface area contributed by atoms with Gasteiger partial charge in [-0.05, 0) is 17.4 Å². The summed E-state index contributed by atoms with van der Waals surface area (Å²) in [6.07, 6.45) is 1.69. The minimum absolute atomic E-state index is 0.0367. The van der Waals surface area contributed by atoms with Crippen LogP contribution in [0.25, 0.3) is 10.6 Å². The summed E-state index contributed by atoms with van der Waals surface area (Å²) in [5, 5.41) is 19.0. The van der Waals surface area contributed by atoms with E-state index in [4.69, 9.17) is 5.11 Å². The molecule has 0 spiro atoms. The lowest BCUT2D eigenvalue weighted by molar-refractivity contribution is -0.142. The second-order valence-corrected chi connectivity index (χ2v) is 5.04. The molecule has 0 unspecified atom stereocenters. The first-order valence-corrected chi connectivity index (χ1v) is 6.16. The van der Waals surface area contributed by atoms with Gasteiger partial charge >= 0.3 is 5.97 Å². The van der Waals surface area contributed by atoms with Gasteiger partial charge in [0.25, 0.3) is 0 Å². The van der Waals surface area contributed by atoms with Crippen molar-refractivity contribution in [3.8, 4) is 10.6 Å². The summed E-state index contributed by atoms with van der Waals surface area (Å²) in [6.45, 7) is 3.70. The largest absolute Gasteiger partial charge is 0.480 e. The molecular formula is C11H13N3O2S. The highest BCUT2D eigenvalue weighted by molar-refractivity contribution is 7.13. The van der Waals surface area contributed by atoms with Gasteiger partial charge in [-0.15, -0.1) is 16.4 Å². The minimum atomic E-state index is -0.886. The molecule has 0 aliphatic rings. The highest BCUT2D eigenvalue weighted by Gasteiger charge is 2.25.